The Morgan fingerprint density at radius 3 is 2.26 bits per heavy atom. The maximum atomic E-state index is 12.3. The Labute approximate surface area is 142 Å². The fourth-order valence-electron chi connectivity index (χ4n) is 2.62. The zero-order valence-electron chi connectivity index (χ0n) is 14.1. The number of methoxy groups -OCH3 is 1. The fraction of sp³-hybridized carbons (Fsp3) is 0.529. The van der Waals surface area contributed by atoms with Crippen molar-refractivity contribution in [3.63, 3.8) is 0 Å². The first-order chi connectivity index (χ1) is 10.7. The molecular weight excluding hydrogens is 316 g/mol. The number of carbonyl (C=O) groups is 2. The van der Waals surface area contributed by atoms with Crippen molar-refractivity contribution < 1.29 is 14.3 Å². The number of ether oxygens (including phenoxy) is 1. The molecule has 1 aliphatic rings. The summed E-state index contributed by atoms with van der Waals surface area (Å²) >= 11 is 6.27. The van der Waals surface area contributed by atoms with Crippen molar-refractivity contribution >= 4 is 29.2 Å². The molecule has 23 heavy (non-hydrogen) atoms. The maximum Gasteiger partial charge on any atom is 0.337 e. The molecule has 0 spiro atoms. The number of amides is 1. The van der Waals surface area contributed by atoms with Crippen LogP contribution in [-0.2, 0) is 9.53 Å². The zero-order chi connectivity index (χ0) is 17.2. The summed E-state index contributed by atoms with van der Waals surface area (Å²) in [6.07, 6.45) is 0. The van der Waals surface area contributed by atoms with Gasteiger partial charge in [-0.15, -0.1) is 0 Å². The lowest BCUT2D eigenvalue weighted by atomic mass is 9.94. The Kier molecular flexibility index (Phi) is 5.19. The largest absolute Gasteiger partial charge is 0.465 e. The molecule has 5 nitrogen and oxygen atoms in total. The predicted octanol–water partition coefficient (Wildman–Crippen LogP) is 2.82. The number of nitrogens with zero attached hydrogens (tertiary/aromatic N) is 2. The number of carbonyl (C=O) groups excluding carboxylic acids is 2. The lowest BCUT2D eigenvalue weighted by Gasteiger charge is -2.39. The van der Waals surface area contributed by atoms with Crippen LogP contribution in [0.3, 0.4) is 0 Å². The summed E-state index contributed by atoms with van der Waals surface area (Å²) < 4.78 is 4.75. The standard InChI is InChI=1S/C17H23ClN2O3/c1-17(2,3)16(22)20-9-7-19(8-10-20)14-11-12(15(21)23-4)5-6-13(14)18/h5-6,11H,7-10H2,1-4H3. The van der Waals surface area contributed by atoms with Crippen molar-refractivity contribution in [2.75, 3.05) is 38.2 Å². The van der Waals surface area contributed by atoms with Gasteiger partial charge in [-0.2, -0.15) is 0 Å². The van der Waals surface area contributed by atoms with Gasteiger partial charge in [-0.1, -0.05) is 32.4 Å². The molecular formula is C17H23ClN2O3. The van der Waals surface area contributed by atoms with Crippen molar-refractivity contribution in [2.24, 2.45) is 5.41 Å². The molecule has 0 unspecified atom stereocenters. The molecule has 0 bridgehead atoms. The Hall–Kier alpha value is -1.75. The van der Waals surface area contributed by atoms with E-state index in [1.54, 1.807) is 18.2 Å². The minimum atomic E-state index is -0.385. The quantitative estimate of drug-likeness (QED) is 0.778. The van der Waals surface area contributed by atoms with E-state index in [9.17, 15) is 9.59 Å². The van der Waals surface area contributed by atoms with Crippen molar-refractivity contribution in [3.8, 4) is 0 Å². The molecule has 6 heteroatoms. The number of piperazine rings is 1. The Bertz CT molecular complexity index is 602. The van der Waals surface area contributed by atoms with E-state index in [1.807, 2.05) is 25.7 Å². The number of rotatable bonds is 2. The highest BCUT2D eigenvalue weighted by atomic mass is 35.5. The first-order valence-electron chi connectivity index (χ1n) is 7.66. The maximum absolute atomic E-state index is 12.3. The summed E-state index contributed by atoms with van der Waals surface area (Å²) in [5, 5.41) is 0.591. The molecule has 2 rings (SSSR count). The summed E-state index contributed by atoms with van der Waals surface area (Å²) in [5.41, 5.74) is 0.905. The molecule has 1 aromatic rings. The minimum Gasteiger partial charge on any atom is -0.465 e. The molecule has 126 valence electrons. The highest BCUT2D eigenvalue weighted by Gasteiger charge is 2.30. The van der Waals surface area contributed by atoms with Crippen LogP contribution < -0.4 is 4.90 Å². The van der Waals surface area contributed by atoms with Gasteiger partial charge in [0, 0.05) is 31.6 Å². The van der Waals surface area contributed by atoms with Gasteiger partial charge in [-0.05, 0) is 18.2 Å². The molecule has 1 amide bonds. The molecule has 1 aliphatic heterocycles. The zero-order valence-corrected chi connectivity index (χ0v) is 14.8. The average molecular weight is 339 g/mol. The van der Waals surface area contributed by atoms with Crippen LogP contribution in [-0.4, -0.2) is 50.1 Å². The summed E-state index contributed by atoms with van der Waals surface area (Å²) in [6.45, 7) is 8.46. The molecule has 1 fully saturated rings. The molecule has 0 N–H and O–H groups in total. The van der Waals surface area contributed by atoms with Crippen LogP contribution in [0.1, 0.15) is 31.1 Å². The lowest BCUT2D eigenvalue weighted by molar-refractivity contribution is -0.139. The highest BCUT2D eigenvalue weighted by molar-refractivity contribution is 6.33. The van der Waals surface area contributed by atoms with E-state index in [-0.39, 0.29) is 17.3 Å². The van der Waals surface area contributed by atoms with Crippen molar-refractivity contribution in [1.82, 2.24) is 4.90 Å². The van der Waals surface area contributed by atoms with Crippen LogP contribution >= 0.6 is 11.6 Å². The van der Waals surface area contributed by atoms with E-state index < -0.39 is 0 Å². The molecule has 1 heterocycles. The molecule has 0 aliphatic carbocycles. The van der Waals surface area contributed by atoms with Crippen LogP contribution in [0.15, 0.2) is 18.2 Å². The van der Waals surface area contributed by atoms with Gasteiger partial charge in [0.05, 0.1) is 23.4 Å². The van der Waals surface area contributed by atoms with E-state index in [4.69, 9.17) is 16.3 Å². The lowest BCUT2D eigenvalue weighted by Crippen LogP contribution is -2.51. The second kappa shape index (κ2) is 6.79. The van der Waals surface area contributed by atoms with Gasteiger partial charge in [0.2, 0.25) is 5.91 Å². The van der Waals surface area contributed by atoms with Gasteiger partial charge < -0.3 is 14.5 Å². The number of esters is 1. The molecule has 0 atom stereocenters. The molecule has 1 saturated heterocycles. The Balaban J connectivity index is 2.11. The Morgan fingerprint density at radius 2 is 1.74 bits per heavy atom. The Morgan fingerprint density at radius 1 is 1.13 bits per heavy atom. The third-order valence-corrected chi connectivity index (χ3v) is 4.24. The normalized spacial score (nSPS) is 15.5. The van der Waals surface area contributed by atoms with Crippen LogP contribution in [0.4, 0.5) is 5.69 Å². The van der Waals surface area contributed by atoms with Gasteiger partial charge >= 0.3 is 5.97 Å². The SMILES string of the molecule is COC(=O)c1ccc(Cl)c(N2CCN(C(=O)C(C)(C)C)CC2)c1. The van der Waals surface area contributed by atoms with Crippen LogP contribution in [0.5, 0.6) is 0 Å². The molecule has 1 aromatic carbocycles. The summed E-state index contributed by atoms with van der Waals surface area (Å²) in [5.74, 6) is -0.226. The molecule has 0 saturated carbocycles. The number of anilines is 1. The van der Waals surface area contributed by atoms with Gasteiger partial charge in [0.1, 0.15) is 0 Å². The average Bonchev–Trinajstić information content (AvgIpc) is 2.53. The first kappa shape index (κ1) is 17.6. The summed E-state index contributed by atoms with van der Waals surface area (Å²) in [7, 11) is 1.35. The third kappa shape index (κ3) is 3.96. The molecule has 0 radical (unpaired) electrons. The number of hydrogen-bond donors (Lipinski definition) is 0. The summed E-state index contributed by atoms with van der Waals surface area (Å²) in [6, 6.07) is 5.10. The highest BCUT2D eigenvalue weighted by Crippen LogP contribution is 2.29. The van der Waals surface area contributed by atoms with Crippen molar-refractivity contribution in [2.45, 2.75) is 20.8 Å². The first-order valence-corrected chi connectivity index (χ1v) is 8.04. The number of hydrogen-bond acceptors (Lipinski definition) is 4. The van der Waals surface area contributed by atoms with Crippen molar-refractivity contribution in [3.05, 3.63) is 28.8 Å². The monoisotopic (exact) mass is 338 g/mol. The van der Waals surface area contributed by atoms with Crippen molar-refractivity contribution in [1.29, 1.82) is 0 Å². The fourth-order valence-corrected chi connectivity index (χ4v) is 2.86. The van der Waals surface area contributed by atoms with Crippen LogP contribution in [0.2, 0.25) is 5.02 Å². The smallest absolute Gasteiger partial charge is 0.337 e. The van der Waals surface area contributed by atoms with E-state index in [1.165, 1.54) is 7.11 Å². The third-order valence-electron chi connectivity index (χ3n) is 3.92. The summed E-state index contributed by atoms with van der Waals surface area (Å²) in [4.78, 5) is 28.0. The predicted molar refractivity (Wildman–Crippen MR) is 91.0 cm³/mol. The number of halogens is 1. The minimum absolute atomic E-state index is 0.159. The van der Waals surface area contributed by atoms with E-state index in [2.05, 4.69) is 4.90 Å². The van der Waals surface area contributed by atoms with Crippen LogP contribution in [0, 0.1) is 5.41 Å². The van der Waals surface area contributed by atoms with Gasteiger partial charge in [0.25, 0.3) is 0 Å². The number of benzene rings is 1. The van der Waals surface area contributed by atoms with Gasteiger partial charge in [-0.3, -0.25) is 4.79 Å². The second-order valence-electron chi connectivity index (χ2n) is 6.69. The van der Waals surface area contributed by atoms with E-state index in [0.717, 1.165) is 5.69 Å². The van der Waals surface area contributed by atoms with Gasteiger partial charge in [0.15, 0.2) is 0 Å². The topological polar surface area (TPSA) is 49.9 Å². The second-order valence-corrected chi connectivity index (χ2v) is 7.09. The van der Waals surface area contributed by atoms with Crippen LogP contribution in [0.25, 0.3) is 0 Å². The van der Waals surface area contributed by atoms with Gasteiger partial charge in [-0.25, -0.2) is 4.79 Å². The van der Waals surface area contributed by atoms with E-state index in [0.29, 0.717) is 36.8 Å². The molecule has 0 aromatic heterocycles. The van der Waals surface area contributed by atoms with E-state index >= 15 is 0 Å².